The minimum absolute atomic E-state index is 0.171. The van der Waals surface area contributed by atoms with Crippen molar-refractivity contribution in [1.29, 1.82) is 0 Å². The van der Waals surface area contributed by atoms with E-state index in [1.807, 2.05) is 24.3 Å². The Labute approximate surface area is 192 Å². The smallest absolute Gasteiger partial charge is 0.244 e. The molecule has 1 saturated heterocycles. The number of methoxy groups -OCH3 is 1. The molecule has 8 nitrogen and oxygen atoms in total. The van der Waals surface area contributed by atoms with Crippen LogP contribution in [0.3, 0.4) is 0 Å². The highest BCUT2D eigenvalue weighted by molar-refractivity contribution is 5.92. The van der Waals surface area contributed by atoms with Gasteiger partial charge < -0.3 is 33.7 Å². The molecule has 2 aromatic carbocycles. The maximum atomic E-state index is 12.7. The van der Waals surface area contributed by atoms with Crippen LogP contribution < -0.4 is 29.0 Å². The first-order valence-corrected chi connectivity index (χ1v) is 11.1. The summed E-state index contributed by atoms with van der Waals surface area (Å²) in [5, 5.41) is 3.08. The van der Waals surface area contributed by atoms with Crippen LogP contribution in [0.1, 0.15) is 24.0 Å². The largest absolute Gasteiger partial charge is 0.493 e. The monoisotopic (exact) mass is 453 g/mol. The highest BCUT2D eigenvalue weighted by Crippen LogP contribution is 2.41. The number of amides is 1. The maximum Gasteiger partial charge on any atom is 0.244 e. The van der Waals surface area contributed by atoms with Crippen molar-refractivity contribution in [2.24, 2.45) is 0 Å². The standard InChI is InChI=1S/C25H27NO7/c1-28-21-12-17(13-22-24(21)31-11-10-30-22)2-5-23(27)26-15-25(6-8-29-9-7-25)18-3-4-19-20(14-18)33-16-32-19/h2-5,12-14H,6-11,15-16H2,1H3,(H,26,27)/b5-2+. The van der Waals surface area contributed by atoms with E-state index < -0.39 is 0 Å². The first kappa shape index (κ1) is 21.5. The normalized spacial score (nSPS) is 18.2. The SMILES string of the molecule is COc1cc(/C=C/C(=O)NCC2(c3ccc4c(c3)OCO4)CCOCC2)cc2c1OCCO2. The molecule has 0 atom stereocenters. The lowest BCUT2D eigenvalue weighted by Gasteiger charge is -2.38. The Morgan fingerprint density at radius 1 is 1.00 bits per heavy atom. The van der Waals surface area contributed by atoms with Crippen molar-refractivity contribution >= 4 is 12.0 Å². The molecule has 1 amide bonds. The maximum absolute atomic E-state index is 12.7. The second kappa shape index (κ2) is 9.23. The van der Waals surface area contributed by atoms with Gasteiger partial charge >= 0.3 is 0 Å². The van der Waals surface area contributed by atoms with Gasteiger partial charge in [0.2, 0.25) is 18.4 Å². The van der Waals surface area contributed by atoms with Gasteiger partial charge in [-0.25, -0.2) is 0 Å². The second-order valence-electron chi connectivity index (χ2n) is 8.26. The van der Waals surface area contributed by atoms with Crippen molar-refractivity contribution in [1.82, 2.24) is 5.32 Å². The van der Waals surface area contributed by atoms with Crippen molar-refractivity contribution in [3.05, 3.63) is 47.5 Å². The molecule has 33 heavy (non-hydrogen) atoms. The third-order valence-corrected chi connectivity index (χ3v) is 6.31. The molecule has 3 aliphatic rings. The van der Waals surface area contributed by atoms with Gasteiger partial charge in [-0.15, -0.1) is 0 Å². The van der Waals surface area contributed by atoms with Crippen molar-refractivity contribution < 1.29 is 33.2 Å². The van der Waals surface area contributed by atoms with Crippen LogP contribution in [0.2, 0.25) is 0 Å². The Morgan fingerprint density at radius 3 is 2.67 bits per heavy atom. The van der Waals surface area contributed by atoms with Crippen LogP contribution in [-0.2, 0) is 14.9 Å². The van der Waals surface area contributed by atoms with E-state index in [9.17, 15) is 4.79 Å². The van der Waals surface area contributed by atoms with Crippen molar-refractivity contribution in [3.63, 3.8) is 0 Å². The molecule has 1 N–H and O–H groups in total. The third kappa shape index (κ3) is 4.43. The zero-order valence-electron chi connectivity index (χ0n) is 18.6. The van der Waals surface area contributed by atoms with Gasteiger partial charge in [0, 0.05) is 31.2 Å². The number of ether oxygens (including phenoxy) is 6. The van der Waals surface area contributed by atoms with E-state index in [1.165, 1.54) is 6.08 Å². The van der Waals surface area contributed by atoms with Crippen LogP contribution in [-0.4, -0.2) is 52.8 Å². The summed E-state index contributed by atoms with van der Waals surface area (Å²) in [6.07, 6.45) is 4.90. The Morgan fingerprint density at radius 2 is 1.82 bits per heavy atom. The van der Waals surface area contributed by atoms with Crippen molar-refractivity contribution in [3.8, 4) is 28.7 Å². The summed E-state index contributed by atoms with van der Waals surface area (Å²) in [6, 6.07) is 9.68. The van der Waals surface area contributed by atoms with Gasteiger partial charge in [-0.2, -0.15) is 0 Å². The molecule has 1 fully saturated rings. The minimum Gasteiger partial charge on any atom is -0.493 e. The molecule has 3 heterocycles. The van der Waals surface area contributed by atoms with E-state index in [1.54, 1.807) is 13.2 Å². The summed E-state index contributed by atoms with van der Waals surface area (Å²) in [4.78, 5) is 12.7. The van der Waals surface area contributed by atoms with Gasteiger partial charge in [0.05, 0.1) is 7.11 Å². The van der Waals surface area contributed by atoms with Gasteiger partial charge in [0.15, 0.2) is 23.0 Å². The van der Waals surface area contributed by atoms with E-state index in [2.05, 4.69) is 11.4 Å². The summed E-state index contributed by atoms with van der Waals surface area (Å²) < 4.78 is 33.3. The van der Waals surface area contributed by atoms with Crippen LogP contribution in [0, 0.1) is 0 Å². The van der Waals surface area contributed by atoms with E-state index in [0.717, 1.165) is 35.5 Å². The Hall–Kier alpha value is -3.39. The first-order valence-electron chi connectivity index (χ1n) is 11.1. The number of carbonyl (C=O) groups is 1. The van der Waals surface area contributed by atoms with Gasteiger partial charge in [-0.05, 0) is 54.3 Å². The molecule has 0 saturated carbocycles. The fourth-order valence-electron chi connectivity index (χ4n) is 4.43. The van der Waals surface area contributed by atoms with Crippen LogP contribution >= 0.6 is 0 Å². The zero-order chi connectivity index (χ0) is 22.7. The number of fused-ring (bicyclic) bond motifs is 2. The topological polar surface area (TPSA) is 84.5 Å². The summed E-state index contributed by atoms with van der Waals surface area (Å²) >= 11 is 0. The average molecular weight is 453 g/mol. The number of rotatable bonds is 6. The summed E-state index contributed by atoms with van der Waals surface area (Å²) in [7, 11) is 1.58. The molecule has 0 radical (unpaired) electrons. The first-order chi connectivity index (χ1) is 16.2. The van der Waals surface area contributed by atoms with Crippen molar-refractivity contribution in [2.45, 2.75) is 18.3 Å². The highest BCUT2D eigenvalue weighted by atomic mass is 16.7. The lowest BCUT2D eigenvalue weighted by Crippen LogP contribution is -2.44. The van der Waals surface area contributed by atoms with Gasteiger partial charge in [0.25, 0.3) is 0 Å². The van der Waals surface area contributed by atoms with Gasteiger partial charge in [-0.3, -0.25) is 4.79 Å². The summed E-state index contributed by atoms with van der Waals surface area (Å²) in [5.74, 6) is 3.12. The van der Waals surface area contributed by atoms with E-state index in [4.69, 9.17) is 28.4 Å². The molecule has 8 heteroatoms. The second-order valence-corrected chi connectivity index (χ2v) is 8.26. The number of hydrogen-bond donors (Lipinski definition) is 1. The van der Waals surface area contributed by atoms with Crippen LogP contribution in [0.4, 0.5) is 0 Å². The fourth-order valence-corrected chi connectivity index (χ4v) is 4.43. The van der Waals surface area contributed by atoms with Crippen LogP contribution in [0.5, 0.6) is 28.7 Å². The van der Waals surface area contributed by atoms with E-state index >= 15 is 0 Å². The molecule has 0 spiro atoms. The van der Waals surface area contributed by atoms with E-state index in [0.29, 0.717) is 50.2 Å². The minimum atomic E-state index is -0.219. The number of hydrogen-bond acceptors (Lipinski definition) is 7. The Balaban J connectivity index is 1.29. The quantitative estimate of drug-likeness (QED) is 0.673. The number of carbonyl (C=O) groups excluding carboxylic acids is 1. The molecule has 174 valence electrons. The summed E-state index contributed by atoms with van der Waals surface area (Å²) in [6.45, 7) is 3.01. The predicted octanol–water partition coefficient (Wildman–Crippen LogP) is 3.07. The van der Waals surface area contributed by atoms with Crippen LogP contribution in [0.25, 0.3) is 6.08 Å². The van der Waals surface area contributed by atoms with Crippen LogP contribution in [0.15, 0.2) is 36.4 Å². The fraction of sp³-hybridized carbons (Fsp3) is 0.400. The van der Waals surface area contributed by atoms with Crippen molar-refractivity contribution in [2.75, 3.05) is 46.9 Å². The molecule has 0 aromatic heterocycles. The molecule has 0 unspecified atom stereocenters. The molecule has 3 aliphatic heterocycles. The lowest BCUT2D eigenvalue weighted by atomic mass is 9.74. The zero-order valence-corrected chi connectivity index (χ0v) is 18.6. The summed E-state index contributed by atoms with van der Waals surface area (Å²) in [5.41, 5.74) is 1.70. The molecule has 0 aliphatic carbocycles. The number of benzene rings is 2. The van der Waals surface area contributed by atoms with E-state index in [-0.39, 0.29) is 18.1 Å². The third-order valence-electron chi connectivity index (χ3n) is 6.31. The number of nitrogens with one attached hydrogen (secondary N) is 1. The Kier molecular flexibility index (Phi) is 6.00. The van der Waals surface area contributed by atoms with Gasteiger partial charge in [0.1, 0.15) is 13.2 Å². The lowest BCUT2D eigenvalue weighted by molar-refractivity contribution is -0.116. The predicted molar refractivity (Wildman–Crippen MR) is 120 cm³/mol. The van der Waals surface area contributed by atoms with Gasteiger partial charge in [-0.1, -0.05) is 6.07 Å². The highest BCUT2D eigenvalue weighted by Gasteiger charge is 2.36. The molecule has 2 aromatic rings. The average Bonchev–Trinajstić information content (AvgIpc) is 3.34. The Bertz CT molecular complexity index is 1040. The molecular weight excluding hydrogens is 426 g/mol. The molecular formula is C25H27NO7. The molecule has 0 bridgehead atoms. The molecule has 5 rings (SSSR count).